The van der Waals surface area contributed by atoms with Gasteiger partial charge in [0.25, 0.3) is 5.56 Å². The van der Waals surface area contributed by atoms with Gasteiger partial charge >= 0.3 is 0 Å². The van der Waals surface area contributed by atoms with E-state index < -0.39 is 9.84 Å². The molecule has 1 aliphatic heterocycles. The van der Waals surface area contributed by atoms with Crippen molar-refractivity contribution in [1.29, 1.82) is 0 Å². The minimum Gasteiger partial charge on any atom is -0.299 e. The van der Waals surface area contributed by atoms with Crippen molar-refractivity contribution in [1.82, 2.24) is 9.78 Å². The SMILES string of the molecule is CC(C)c1cc(=O)n(C2CCS(=O)(=O)C2)[nH]1. The van der Waals surface area contributed by atoms with Gasteiger partial charge < -0.3 is 0 Å². The third kappa shape index (κ3) is 2.07. The van der Waals surface area contributed by atoms with Crippen LogP contribution in [0, 0.1) is 0 Å². The summed E-state index contributed by atoms with van der Waals surface area (Å²) in [6.45, 7) is 3.97. The van der Waals surface area contributed by atoms with Crippen LogP contribution in [0.2, 0.25) is 0 Å². The van der Waals surface area contributed by atoms with Gasteiger partial charge in [-0.1, -0.05) is 13.8 Å². The summed E-state index contributed by atoms with van der Waals surface area (Å²) in [5.41, 5.74) is 0.722. The molecule has 6 heteroatoms. The van der Waals surface area contributed by atoms with E-state index in [1.165, 1.54) is 4.68 Å². The first kappa shape index (κ1) is 11.4. The fourth-order valence-electron chi connectivity index (χ4n) is 1.98. The highest BCUT2D eigenvalue weighted by atomic mass is 32.2. The molecule has 1 atom stereocenters. The molecule has 0 aliphatic carbocycles. The van der Waals surface area contributed by atoms with Gasteiger partial charge in [-0.2, -0.15) is 0 Å². The molecule has 0 radical (unpaired) electrons. The van der Waals surface area contributed by atoms with E-state index in [1.54, 1.807) is 6.07 Å². The minimum atomic E-state index is -2.95. The molecule has 1 aromatic rings. The van der Waals surface area contributed by atoms with Crippen molar-refractivity contribution in [3.8, 4) is 0 Å². The molecule has 0 spiro atoms. The summed E-state index contributed by atoms with van der Waals surface area (Å²) in [5, 5.41) is 3.00. The molecular formula is C10H16N2O3S. The summed E-state index contributed by atoms with van der Waals surface area (Å²) >= 11 is 0. The Morgan fingerprint density at radius 3 is 2.62 bits per heavy atom. The molecule has 16 heavy (non-hydrogen) atoms. The second-order valence-corrected chi connectivity index (χ2v) is 6.86. The van der Waals surface area contributed by atoms with Crippen molar-refractivity contribution in [3.63, 3.8) is 0 Å². The van der Waals surface area contributed by atoms with E-state index in [0.29, 0.717) is 6.42 Å². The molecule has 0 saturated carbocycles. The topological polar surface area (TPSA) is 71.9 Å². The van der Waals surface area contributed by atoms with E-state index in [0.717, 1.165) is 5.69 Å². The van der Waals surface area contributed by atoms with Crippen LogP contribution < -0.4 is 5.56 Å². The Morgan fingerprint density at radius 2 is 2.19 bits per heavy atom. The fourth-order valence-corrected chi connectivity index (χ4v) is 3.67. The summed E-state index contributed by atoms with van der Waals surface area (Å²) in [6.07, 6.45) is 0.528. The zero-order valence-corrected chi connectivity index (χ0v) is 10.3. The number of aromatic amines is 1. The first-order valence-electron chi connectivity index (χ1n) is 5.41. The van der Waals surface area contributed by atoms with Crippen LogP contribution in [0.5, 0.6) is 0 Å². The fraction of sp³-hybridized carbons (Fsp3) is 0.700. The molecule has 0 amide bonds. The zero-order chi connectivity index (χ0) is 11.9. The van der Waals surface area contributed by atoms with Crippen molar-refractivity contribution < 1.29 is 8.42 Å². The lowest BCUT2D eigenvalue weighted by molar-refractivity contribution is 0.479. The van der Waals surface area contributed by atoms with E-state index in [1.807, 2.05) is 13.8 Å². The van der Waals surface area contributed by atoms with Crippen LogP contribution in [0.4, 0.5) is 0 Å². The largest absolute Gasteiger partial charge is 0.299 e. The molecule has 90 valence electrons. The number of nitrogens with zero attached hydrogens (tertiary/aromatic N) is 1. The molecule has 0 aromatic carbocycles. The van der Waals surface area contributed by atoms with Crippen molar-refractivity contribution in [2.75, 3.05) is 11.5 Å². The molecular weight excluding hydrogens is 228 g/mol. The Bertz CT molecular complexity index is 539. The quantitative estimate of drug-likeness (QED) is 0.830. The van der Waals surface area contributed by atoms with Crippen LogP contribution >= 0.6 is 0 Å². The number of hydrogen-bond acceptors (Lipinski definition) is 3. The summed E-state index contributed by atoms with van der Waals surface area (Å²) < 4.78 is 24.1. The van der Waals surface area contributed by atoms with Crippen LogP contribution in [0.25, 0.3) is 0 Å². The predicted octanol–water partition coefficient (Wildman–Crippen LogP) is 0.659. The first-order valence-corrected chi connectivity index (χ1v) is 7.23. The van der Waals surface area contributed by atoms with Gasteiger partial charge in [0.2, 0.25) is 0 Å². The lowest BCUT2D eigenvalue weighted by Gasteiger charge is -2.09. The van der Waals surface area contributed by atoms with Gasteiger partial charge in [0, 0.05) is 11.8 Å². The van der Waals surface area contributed by atoms with E-state index in [4.69, 9.17) is 0 Å². The van der Waals surface area contributed by atoms with Crippen molar-refractivity contribution in [2.24, 2.45) is 0 Å². The van der Waals surface area contributed by atoms with Crippen molar-refractivity contribution >= 4 is 9.84 Å². The average Bonchev–Trinajstić information content (AvgIpc) is 2.69. The third-order valence-corrected chi connectivity index (χ3v) is 4.71. The normalized spacial score (nSPS) is 24.1. The van der Waals surface area contributed by atoms with Crippen LogP contribution in [0.3, 0.4) is 0 Å². The van der Waals surface area contributed by atoms with Crippen LogP contribution in [-0.2, 0) is 9.84 Å². The van der Waals surface area contributed by atoms with Crippen molar-refractivity contribution in [3.05, 3.63) is 22.1 Å². The van der Waals surface area contributed by atoms with Gasteiger partial charge in [0.1, 0.15) is 0 Å². The second kappa shape index (κ2) is 3.76. The maximum atomic E-state index is 11.7. The van der Waals surface area contributed by atoms with Gasteiger partial charge in [0.15, 0.2) is 9.84 Å². The monoisotopic (exact) mass is 244 g/mol. The molecule has 1 unspecified atom stereocenters. The van der Waals surface area contributed by atoms with Crippen LogP contribution in [-0.4, -0.2) is 29.7 Å². The molecule has 1 saturated heterocycles. The summed E-state index contributed by atoms with van der Waals surface area (Å²) in [6, 6.07) is 1.33. The molecule has 0 bridgehead atoms. The Labute approximate surface area is 94.4 Å². The van der Waals surface area contributed by atoms with Gasteiger partial charge in [-0.05, 0) is 12.3 Å². The highest BCUT2D eigenvalue weighted by molar-refractivity contribution is 7.91. The third-order valence-electron chi connectivity index (χ3n) is 2.96. The van der Waals surface area contributed by atoms with Gasteiger partial charge in [0.05, 0.1) is 17.5 Å². The summed E-state index contributed by atoms with van der Waals surface area (Å²) in [4.78, 5) is 11.7. The van der Waals surface area contributed by atoms with Crippen LogP contribution in [0.1, 0.15) is 37.9 Å². The second-order valence-electron chi connectivity index (χ2n) is 4.63. The van der Waals surface area contributed by atoms with Gasteiger partial charge in [-0.25, -0.2) is 13.1 Å². The Kier molecular flexibility index (Phi) is 2.69. The standard InChI is InChI=1S/C10H16N2O3S/c1-7(2)9-5-10(13)12(11-9)8-3-4-16(14,15)6-8/h5,7-8,11H,3-4,6H2,1-2H3. The van der Waals surface area contributed by atoms with E-state index in [9.17, 15) is 13.2 Å². The number of sulfone groups is 1. The Hall–Kier alpha value is -1.04. The highest BCUT2D eigenvalue weighted by Gasteiger charge is 2.30. The highest BCUT2D eigenvalue weighted by Crippen LogP contribution is 2.22. The maximum Gasteiger partial charge on any atom is 0.267 e. The van der Waals surface area contributed by atoms with E-state index >= 15 is 0 Å². The zero-order valence-electron chi connectivity index (χ0n) is 9.43. The van der Waals surface area contributed by atoms with Crippen molar-refractivity contribution in [2.45, 2.75) is 32.2 Å². The maximum absolute atomic E-state index is 11.7. The van der Waals surface area contributed by atoms with E-state index in [2.05, 4.69) is 5.10 Å². The first-order chi connectivity index (χ1) is 7.39. The number of H-pyrrole nitrogens is 1. The molecule has 1 N–H and O–H groups in total. The molecule has 1 aliphatic rings. The molecule has 2 heterocycles. The smallest absolute Gasteiger partial charge is 0.267 e. The number of hydrogen-bond donors (Lipinski definition) is 1. The lowest BCUT2D eigenvalue weighted by atomic mass is 10.1. The summed E-state index contributed by atoms with van der Waals surface area (Å²) in [7, 11) is -2.95. The van der Waals surface area contributed by atoms with Gasteiger partial charge in [-0.3, -0.25) is 9.89 Å². The minimum absolute atomic E-state index is 0.0744. The number of rotatable bonds is 2. The molecule has 1 fully saturated rings. The molecule has 5 nitrogen and oxygen atoms in total. The predicted molar refractivity (Wildman–Crippen MR) is 61.4 cm³/mol. The van der Waals surface area contributed by atoms with Gasteiger partial charge in [-0.15, -0.1) is 0 Å². The number of aromatic nitrogens is 2. The lowest BCUT2D eigenvalue weighted by Crippen LogP contribution is -2.22. The Balaban J connectivity index is 2.32. The average molecular weight is 244 g/mol. The number of nitrogens with one attached hydrogen (secondary N) is 1. The molecule has 1 aromatic heterocycles. The molecule has 2 rings (SSSR count). The summed E-state index contributed by atoms with van der Waals surface area (Å²) in [5.74, 6) is 0.498. The van der Waals surface area contributed by atoms with E-state index in [-0.39, 0.29) is 29.0 Å². The van der Waals surface area contributed by atoms with Crippen LogP contribution in [0.15, 0.2) is 10.9 Å². The Morgan fingerprint density at radius 1 is 1.50 bits per heavy atom.